The maximum Gasteiger partial charge on any atom is 0.332 e. The third-order valence-corrected chi connectivity index (χ3v) is 6.04. The number of hydrogen-bond acceptors (Lipinski definition) is 4. The highest BCUT2D eigenvalue weighted by Gasteiger charge is 2.27. The van der Waals surface area contributed by atoms with Gasteiger partial charge in [-0.15, -0.1) is 0 Å². The molecule has 0 saturated carbocycles. The van der Waals surface area contributed by atoms with Crippen molar-refractivity contribution in [3.63, 3.8) is 0 Å². The first kappa shape index (κ1) is 19.2. The van der Waals surface area contributed by atoms with E-state index in [2.05, 4.69) is 9.97 Å². The van der Waals surface area contributed by atoms with Crippen molar-refractivity contribution in [3.05, 3.63) is 61.6 Å². The van der Waals surface area contributed by atoms with Gasteiger partial charge in [0.05, 0.1) is 0 Å². The van der Waals surface area contributed by atoms with Crippen LogP contribution in [0.1, 0.15) is 46.1 Å². The molecule has 1 N–H and O–H groups in total. The maximum absolute atomic E-state index is 12.8. The van der Waals surface area contributed by atoms with Gasteiger partial charge in [-0.05, 0) is 49.9 Å². The topological polar surface area (TPSA) is 93.0 Å². The summed E-state index contributed by atoms with van der Waals surface area (Å²) >= 11 is 0. The van der Waals surface area contributed by atoms with Crippen LogP contribution in [-0.4, -0.2) is 43.0 Å². The fourth-order valence-corrected chi connectivity index (χ4v) is 3.95. The standard InChI is InChI=1S/C21H25N5O3/c1-12-5-6-15(11-13(12)2)19(27)26-9-7-14(8-10-26)17-22-16-18(23-17)24(3)21(29)25(4)20(16)28/h5-6,11,14H,7-10H2,1-4H3,(H,22,23). The summed E-state index contributed by atoms with van der Waals surface area (Å²) in [5.41, 5.74) is 2.96. The molecule has 0 atom stereocenters. The lowest BCUT2D eigenvalue weighted by atomic mass is 9.95. The molecule has 8 nitrogen and oxygen atoms in total. The monoisotopic (exact) mass is 395 g/mol. The second kappa shape index (κ2) is 7.02. The Bertz CT molecular complexity index is 1230. The second-order valence-corrected chi connectivity index (χ2v) is 7.89. The van der Waals surface area contributed by atoms with Gasteiger partial charge in [0.2, 0.25) is 0 Å². The summed E-state index contributed by atoms with van der Waals surface area (Å²) in [4.78, 5) is 46.9. The average Bonchev–Trinajstić information content (AvgIpc) is 3.18. The summed E-state index contributed by atoms with van der Waals surface area (Å²) in [7, 11) is 3.07. The van der Waals surface area contributed by atoms with Crippen LogP contribution in [0.4, 0.5) is 0 Å². The molecule has 1 fully saturated rings. The molecule has 3 aromatic rings. The second-order valence-electron chi connectivity index (χ2n) is 7.89. The molecule has 1 aromatic carbocycles. The van der Waals surface area contributed by atoms with Crippen LogP contribution in [-0.2, 0) is 14.1 Å². The van der Waals surface area contributed by atoms with E-state index in [9.17, 15) is 14.4 Å². The Balaban J connectivity index is 1.54. The molecule has 29 heavy (non-hydrogen) atoms. The number of carbonyl (C=O) groups excluding carboxylic acids is 1. The van der Waals surface area contributed by atoms with Crippen LogP contribution in [0.25, 0.3) is 11.2 Å². The molecule has 0 unspecified atom stereocenters. The minimum Gasteiger partial charge on any atom is -0.339 e. The van der Waals surface area contributed by atoms with Crippen molar-refractivity contribution in [2.24, 2.45) is 14.1 Å². The van der Waals surface area contributed by atoms with Crippen molar-refractivity contribution in [2.75, 3.05) is 13.1 Å². The SMILES string of the molecule is Cc1ccc(C(=O)N2CCC(c3nc4c([nH]3)c(=O)n(C)c(=O)n4C)CC2)cc1C. The van der Waals surface area contributed by atoms with E-state index in [-0.39, 0.29) is 17.4 Å². The fourth-order valence-electron chi connectivity index (χ4n) is 3.95. The summed E-state index contributed by atoms with van der Waals surface area (Å²) in [6.07, 6.45) is 1.51. The summed E-state index contributed by atoms with van der Waals surface area (Å²) < 4.78 is 2.46. The first-order valence-corrected chi connectivity index (χ1v) is 9.80. The Kier molecular flexibility index (Phi) is 4.64. The zero-order valence-electron chi connectivity index (χ0n) is 17.2. The number of aryl methyl sites for hydroxylation is 3. The number of piperidine rings is 1. The molecule has 0 aliphatic carbocycles. The summed E-state index contributed by atoms with van der Waals surface area (Å²) in [5, 5.41) is 0. The van der Waals surface area contributed by atoms with Gasteiger partial charge in [-0.25, -0.2) is 9.78 Å². The van der Waals surface area contributed by atoms with Crippen LogP contribution in [0.2, 0.25) is 0 Å². The number of fused-ring (bicyclic) bond motifs is 1. The van der Waals surface area contributed by atoms with Crippen molar-refractivity contribution < 1.29 is 4.79 Å². The summed E-state index contributed by atoms with van der Waals surface area (Å²) in [6, 6.07) is 5.81. The third-order valence-electron chi connectivity index (χ3n) is 6.04. The zero-order chi connectivity index (χ0) is 20.9. The number of benzene rings is 1. The van der Waals surface area contributed by atoms with Crippen LogP contribution in [0.3, 0.4) is 0 Å². The van der Waals surface area contributed by atoms with Gasteiger partial charge in [-0.1, -0.05) is 6.07 Å². The Hall–Kier alpha value is -3.16. The van der Waals surface area contributed by atoms with Crippen molar-refractivity contribution in [2.45, 2.75) is 32.6 Å². The Morgan fingerprint density at radius 3 is 2.41 bits per heavy atom. The number of aromatic nitrogens is 4. The van der Waals surface area contributed by atoms with Crippen molar-refractivity contribution in [3.8, 4) is 0 Å². The average molecular weight is 395 g/mol. The van der Waals surface area contributed by atoms with Gasteiger partial charge >= 0.3 is 5.69 Å². The molecule has 1 aliphatic heterocycles. The lowest BCUT2D eigenvalue weighted by molar-refractivity contribution is 0.0711. The predicted octanol–water partition coefficient (Wildman–Crippen LogP) is 1.60. The highest BCUT2D eigenvalue weighted by atomic mass is 16.2. The molecule has 2 aromatic heterocycles. The molecule has 1 saturated heterocycles. The minimum atomic E-state index is -0.394. The number of hydrogen-bond donors (Lipinski definition) is 1. The maximum atomic E-state index is 12.8. The minimum absolute atomic E-state index is 0.0485. The molecule has 4 rings (SSSR count). The number of imidazole rings is 1. The Morgan fingerprint density at radius 1 is 1.07 bits per heavy atom. The van der Waals surface area contributed by atoms with Gasteiger partial charge in [0.25, 0.3) is 11.5 Å². The molecule has 3 heterocycles. The summed E-state index contributed by atoms with van der Waals surface area (Å²) in [6.45, 7) is 5.30. The van der Waals surface area contributed by atoms with E-state index >= 15 is 0 Å². The van der Waals surface area contributed by atoms with E-state index in [1.54, 1.807) is 7.05 Å². The predicted molar refractivity (Wildman–Crippen MR) is 110 cm³/mol. The number of likely N-dealkylation sites (tertiary alicyclic amines) is 1. The van der Waals surface area contributed by atoms with Gasteiger partial charge < -0.3 is 9.88 Å². The third kappa shape index (κ3) is 3.18. The highest BCUT2D eigenvalue weighted by Crippen LogP contribution is 2.28. The number of amides is 1. The van der Waals surface area contributed by atoms with Crippen molar-refractivity contribution in [1.82, 2.24) is 24.0 Å². The first-order valence-electron chi connectivity index (χ1n) is 9.80. The molecular weight excluding hydrogens is 370 g/mol. The smallest absolute Gasteiger partial charge is 0.332 e. The van der Waals surface area contributed by atoms with Gasteiger partial charge in [-0.3, -0.25) is 18.7 Å². The van der Waals surface area contributed by atoms with Gasteiger partial charge in [0.15, 0.2) is 5.65 Å². The number of carbonyl (C=O) groups is 1. The molecule has 0 spiro atoms. The molecule has 152 valence electrons. The summed E-state index contributed by atoms with van der Waals surface area (Å²) in [5.74, 6) is 0.870. The van der Waals surface area contributed by atoms with E-state index in [0.29, 0.717) is 35.6 Å². The first-order chi connectivity index (χ1) is 13.8. The Morgan fingerprint density at radius 2 is 1.76 bits per heavy atom. The molecule has 8 heteroatoms. The van der Waals surface area contributed by atoms with E-state index in [1.807, 2.05) is 36.9 Å². The van der Waals surface area contributed by atoms with Crippen molar-refractivity contribution >= 4 is 17.1 Å². The largest absolute Gasteiger partial charge is 0.339 e. The molecule has 1 aliphatic rings. The van der Waals surface area contributed by atoms with E-state index in [1.165, 1.54) is 17.2 Å². The normalized spacial score (nSPS) is 15.2. The lowest BCUT2D eigenvalue weighted by Gasteiger charge is -2.31. The van der Waals surface area contributed by atoms with Gasteiger partial charge in [0.1, 0.15) is 11.3 Å². The number of rotatable bonds is 2. The highest BCUT2D eigenvalue weighted by molar-refractivity contribution is 5.94. The lowest BCUT2D eigenvalue weighted by Crippen LogP contribution is -2.38. The zero-order valence-corrected chi connectivity index (χ0v) is 17.2. The van der Waals surface area contributed by atoms with Crippen LogP contribution in [0, 0.1) is 13.8 Å². The molecule has 1 amide bonds. The number of H-pyrrole nitrogens is 1. The Labute approximate surface area is 167 Å². The van der Waals surface area contributed by atoms with Crippen molar-refractivity contribution in [1.29, 1.82) is 0 Å². The van der Waals surface area contributed by atoms with Gasteiger partial charge in [0, 0.05) is 38.7 Å². The quantitative estimate of drug-likeness (QED) is 0.713. The van der Waals surface area contributed by atoms with E-state index in [4.69, 9.17) is 0 Å². The molecule has 0 bridgehead atoms. The van der Waals surface area contributed by atoms with Gasteiger partial charge in [-0.2, -0.15) is 0 Å². The molecular formula is C21H25N5O3. The van der Waals surface area contributed by atoms with E-state index < -0.39 is 5.69 Å². The number of aromatic amines is 1. The van der Waals surface area contributed by atoms with E-state index in [0.717, 1.165) is 23.0 Å². The molecule has 0 radical (unpaired) electrons. The van der Waals surface area contributed by atoms with Crippen LogP contribution in [0.5, 0.6) is 0 Å². The number of nitrogens with zero attached hydrogens (tertiary/aromatic N) is 4. The van der Waals surface area contributed by atoms with Crippen LogP contribution < -0.4 is 11.2 Å². The number of nitrogens with one attached hydrogen (secondary N) is 1. The van der Waals surface area contributed by atoms with Crippen LogP contribution in [0.15, 0.2) is 27.8 Å². The van der Waals surface area contributed by atoms with Crippen LogP contribution >= 0.6 is 0 Å². The fraction of sp³-hybridized carbons (Fsp3) is 0.429.